The van der Waals surface area contributed by atoms with Gasteiger partial charge in [0.1, 0.15) is 0 Å². The quantitative estimate of drug-likeness (QED) is 0.436. The lowest BCUT2D eigenvalue weighted by atomic mass is 10.2. The number of hydrogen-bond acceptors (Lipinski definition) is 2. The Morgan fingerprint density at radius 2 is 1.71 bits per heavy atom. The van der Waals surface area contributed by atoms with Crippen molar-refractivity contribution in [3.63, 3.8) is 0 Å². The predicted molar refractivity (Wildman–Crippen MR) is 61.8 cm³/mol. The van der Waals surface area contributed by atoms with Crippen LogP contribution in [-0.2, 0) is 8.85 Å². The van der Waals surface area contributed by atoms with Crippen LogP contribution >= 0.6 is 0 Å². The first-order valence-electron chi connectivity index (χ1n) is 6.10. The highest BCUT2D eigenvalue weighted by Crippen LogP contribution is 2.34. The summed E-state index contributed by atoms with van der Waals surface area (Å²) in [5.74, 6) is 1.08. The van der Waals surface area contributed by atoms with Gasteiger partial charge >= 0.3 is 9.28 Å². The van der Waals surface area contributed by atoms with Crippen LogP contribution < -0.4 is 0 Å². The molecule has 0 atom stereocenters. The zero-order valence-electron chi connectivity index (χ0n) is 9.63. The van der Waals surface area contributed by atoms with E-state index in [4.69, 9.17) is 8.85 Å². The highest BCUT2D eigenvalue weighted by molar-refractivity contribution is 6.44. The maximum atomic E-state index is 5.62. The number of unbranched alkanes of at least 4 members (excludes halogenated alkanes) is 1. The molecule has 0 amide bonds. The minimum absolute atomic E-state index is 0.819. The average Bonchev–Trinajstić information content (AvgIpc) is 2.96. The average molecular weight is 216 g/mol. The molecule has 1 fully saturated rings. The van der Waals surface area contributed by atoms with Crippen molar-refractivity contribution in [1.82, 2.24) is 0 Å². The molecule has 2 nitrogen and oxygen atoms in total. The van der Waals surface area contributed by atoms with Crippen LogP contribution in [0.2, 0.25) is 6.04 Å². The van der Waals surface area contributed by atoms with Gasteiger partial charge in [0.2, 0.25) is 0 Å². The lowest BCUT2D eigenvalue weighted by Gasteiger charge is -2.14. The van der Waals surface area contributed by atoms with Crippen LogP contribution in [0.4, 0.5) is 0 Å². The molecule has 1 rings (SSSR count). The normalized spacial score (nSPS) is 16.5. The molecule has 0 radical (unpaired) electrons. The Kier molecular flexibility index (Phi) is 6.48. The van der Waals surface area contributed by atoms with Crippen molar-refractivity contribution >= 4 is 9.28 Å². The molecule has 1 aliphatic rings. The smallest absolute Gasteiger partial charge is 0.321 e. The second-order valence-electron chi connectivity index (χ2n) is 4.07. The summed E-state index contributed by atoms with van der Waals surface area (Å²) in [6.45, 7) is 5.76. The Hall–Kier alpha value is 0.137. The first kappa shape index (κ1) is 12.2. The fraction of sp³-hybridized carbons (Fsp3) is 1.00. The zero-order valence-corrected chi connectivity index (χ0v) is 10.8. The third-order valence-electron chi connectivity index (χ3n) is 2.70. The summed E-state index contributed by atoms with van der Waals surface area (Å²) in [5, 5.41) is 0. The predicted octanol–water partition coefficient (Wildman–Crippen LogP) is 2.86. The summed E-state index contributed by atoms with van der Waals surface area (Å²) in [7, 11) is -1.28. The van der Waals surface area contributed by atoms with Crippen molar-refractivity contribution in [1.29, 1.82) is 0 Å². The van der Waals surface area contributed by atoms with Gasteiger partial charge in [-0.3, -0.25) is 0 Å². The Labute approximate surface area is 89.8 Å². The molecule has 1 saturated carbocycles. The van der Waals surface area contributed by atoms with E-state index in [0.717, 1.165) is 19.1 Å². The van der Waals surface area contributed by atoms with Gasteiger partial charge in [-0.2, -0.15) is 0 Å². The maximum Gasteiger partial charge on any atom is 0.321 e. The highest BCUT2D eigenvalue weighted by Gasteiger charge is 2.20. The van der Waals surface area contributed by atoms with Crippen molar-refractivity contribution in [2.75, 3.05) is 13.2 Å². The van der Waals surface area contributed by atoms with E-state index in [9.17, 15) is 0 Å². The molecule has 0 aromatic heterocycles. The minimum atomic E-state index is -1.28. The Morgan fingerprint density at radius 1 is 1.07 bits per heavy atom. The van der Waals surface area contributed by atoms with Gasteiger partial charge in [-0.1, -0.05) is 32.1 Å². The second-order valence-corrected chi connectivity index (χ2v) is 6.17. The Bertz CT molecular complexity index is 131. The molecule has 0 heterocycles. The molecule has 0 N–H and O–H groups in total. The van der Waals surface area contributed by atoms with Crippen molar-refractivity contribution in [2.45, 2.75) is 52.0 Å². The van der Waals surface area contributed by atoms with Crippen molar-refractivity contribution in [3.05, 3.63) is 0 Å². The highest BCUT2D eigenvalue weighted by atomic mass is 28.3. The molecule has 0 unspecified atom stereocenters. The summed E-state index contributed by atoms with van der Waals surface area (Å²) >= 11 is 0. The Morgan fingerprint density at radius 3 is 2.21 bits per heavy atom. The fourth-order valence-corrected chi connectivity index (χ4v) is 3.53. The van der Waals surface area contributed by atoms with Gasteiger partial charge in [-0.25, -0.2) is 0 Å². The molecule has 0 aromatic rings. The molecular formula is C11H24O2Si. The van der Waals surface area contributed by atoms with Gasteiger partial charge in [-0.05, 0) is 25.8 Å². The van der Waals surface area contributed by atoms with Crippen LogP contribution in [0.1, 0.15) is 46.0 Å². The van der Waals surface area contributed by atoms with Gasteiger partial charge in [0.25, 0.3) is 0 Å². The van der Waals surface area contributed by atoms with E-state index < -0.39 is 9.28 Å². The van der Waals surface area contributed by atoms with Crippen LogP contribution in [0.5, 0.6) is 0 Å². The van der Waals surface area contributed by atoms with E-state index in [1.165, 1.54) is 38.1 Å². The Balaban J connectivity index is 1.93. The zero-order chi connectivity index (χ0) is 10.2. The number of rotatable bonds is 9. The third kappa shape index (κ3) is 5.78. The monoisotopic (exact) mass is 216 g/mol. The standard InChI is InChI=1S/C11H24O2Si/c1-3-12-14(13-4-2)10-6-5-7-11-8-9-11/h11,14H,3-10H2,1-2H3. The molecule has 14 heavy (non-hydrogen) atoms. The minimum Gasteiger partial charge on any atom is -0.397 e. The summed E-state index contributed by atoms with van der Waals surface area (Å²) in [6, 6.07) is 1.20. The molecule has 0 bridgehead atoms. The van der Waals surface area contributed by atoms with Gasteiger partial charge in [-0.15, -0.1) is 0 Å². The van der Waals surface area contributed by atoms with E-state index in [-0.39, 0.29) is 0 Å². The molecule has 0 aliphatic heterocycles. The molecular weight excluding hydrogens is 192 g/mol. The van der Waals surface area contributed by atoms with E-state index in [1.54, 1.807) is 0 Å². The summed E-state index contributed by atoms with van der Waals surface area (Å²) < 4.78 is 11.2. The largest absolute Gasteiger partial charge is 0.397 e. The van der Waals surface area contributed by atoms with Crippen LogP contribution in [0.25, 0.3) is 0 Å². The summed E-state index contributed by atoms with van der Waals surface area (Å²) in [4.78, 5) is 0. The van der Waals surface area contributed by atoms with Crippen molar-refractivity contribution in [2.24, 2.45) is 5.92 Å². The van der Waals surface area contributed by atoms with Crippen molar-refractivity contribution in [3.8, 4) is 0 Å². The lowest BCUT2D eigenvalue weighted by molar-refractivity contribution is 0.212. The van der Waals surface area contributed by atoms with Crippen LogP contribution in [0.15, 0.2) is 0 Å². The topological polar surface area (TPSA) is 18.5 Å². The van der Waals surface area contributed by atoms with Gasteiger partial charge < -0.3 is 8.85 Å². The molecule has 0 aromatic carbocycles. The van der Waals surface area contributed by atoms with Crippen LogP contribution in [0.3, 0.4) is 0 Å². The van der Waals surface area contributed by atoms with E-state index in [2.05, 4.69) is 13.8 Å². The second kappa shape index (κ2) is 7.43. The van der Waals surface area contributed by atoms with E-state index in [1.807, 2.05) is 0 Å². The van der Waals surface area contributed by atoms with E-state index >= 15 is 0 Å². The molecule has 0 saturated heterocycles. The fourth-order valence-electron chi connectivity index (χ4n) is 1.74. The third-order valence-corrected chi connectivity index (χ3v) is 4.99. The first-order chi connectivity index (χ1) is 6.86. The molecule has 84 valence electrons. The SMILES string of the molecule is CCO[SiH](CCCCC1CC1)OCC. The molecule has 3 heteroatoms. The van der Waals surface area contributed by atoms with Crippen LogP contribution in [-0.4, -0.2) is 22.5 Å². The van der Waals surface area contributed by atoms with Gasteiger partial charge in [0, 0.05) is 13.2 Å². The number of hydrogen-bond donors (Lipinski definition) is 0. The van der Waals surface area contributed by atoms with Gasteiger partial charge in [0.05, 0.1) is 0 Å². The maximum absolute atomic E-state index is 5.62. The summed E-state index contributed by atoms with van der Waals surface area (Å²) in [6.07, 6.45) is 7.11. The van der Waals surface area contributed by atoms with Crippen LogP contribution in [0, 0.1) is 5.92 Å². The van der Waals surface area contributed by atoms with Crippen molar-refractivity contribution < 1.29 is 8.85 Å². The molecule has 1 aliphatic carbocycles. The summed E-state index contributed by atoms with van der Waals surface area (Å²) in [5.41, 5.74) is 0. The van der Waals surface area contributed by atoms with Gasteiger partial charge in [0.15, 0.2) is 0 Å². The van der Waals surface area contributed by atoms with E-state index in [0.29, 0.717) is 0 Å². The molecule has 0 spiro atoms. The lowest BCUT2D eigenvalue weighted by Crippen LogP contribution is -2.22. The first-order valence-corrected chi connectivity index (χ1v) is 7.86.